The van der Waals surface area contributed by atoms with Gasteiger partial charge in [-0.3, -0.25) is 0 Å². The molecule has 19 heavy (non-hydrogen) atoms. The molecule has 2 aromatic rings. The lowest BCUT2D eigenvalue weighted by molar-refractivity contribution is 0.667. The monoisotopic (exact) mass is 277 g/mol. The number of benzene rings is 1. The van der Waals surface area contributed by atoms with Crippen LogP contribution >= 0.6 is 11.6 Å². The molecule has 0 amide bonds. The maximum atomic E-state index is 6.15. The SMILES string of the molecule is CCCCc1nc(Cl)c(C)n1Cc1ccc(N)cc1. The predicted octanol–water partition coefficient (Wildman–Crippen LogP) is 3.82. The van der Waals surface area contributed by atoms with Gasteiger partial charge in [0.05, 0.1) is 5.69 Å². The van der Waals surface area contributed by atoms with Crippen LogP contribution in [0.4, 0.5) is 5.69 Å². The second-order valence-electron chi connectivity index (χ2n) is 4.84. The number of hydrogen-bond acceptors (Lipinski definition) is 2. The smallest absolute Gasteiger partial charge is 0.150 e. The predicted molar refractivity (Wildman–Crippen MR) is 80.5 cm³/mol. The molecule has 0 bridgehead atoms. The van der Waals surface area contributed by atoms with Crippen LogP contribution in [0.5, 0.6) is 0 Å². The summed E-state index contributed by atoms with van der Waals surface area (Å²) in [7, 11) is 0. The first-order chi connectivity index (χ1) is 9.11. The van der Waals surface area contributed by atoms with Crippen molar-refractivity contribution in [1.29, 1.82) is 0 Å². The number of nitrogen functional groups attached to an aromatic ring is 1. The Kier molecular flexibility index (Phi) is 4.48. The molecule has 0 saturated carbocycles. The van der Waals surface area contributed by atoms with E-state index < -0.39 is 0 Å². The molecule has 0 unspecified atom stereocenters. The molecule has 1 aromatic carbocycles. The molecule has 4 heteroatoms. The van der Waals surface area contributed by atoms with Gasteiger partial charge >= 0.3 is 0 Å². The van der Waals surface area contributed by atoms with E-state index in [0.29, 0.717) is 5.15 Å². The van der Waals surface area contributed by atoms with Crippen LogP contribution in [-0.4, -0.2) is 9.55 Å². The van der Waals surface area contributed by atoms with Crippen LogP contribution in [0.25, 0.3) is 0 Å². The zero-order chi connectivity index (χ0) is 13.8. The molecule has 2 N–H and O–H groups in total. The van der Waals surface area contributed by atoms with Gasteiger partial charge in [-0.05, 0) is 31.0 Å². The number of halogens is 1. The van der Waals surface area contributed by atoms with E-state index in [2.05, 4.69) is 16.5 Å². The summed E-state index contributed by atoms with van der Waals surface area (Å²) in [5.41, 5.74) is 8.74. The van der Waals surface area contributed by atoms with Crippen molar-refractivity contribution in [1.82, 2.24) is 9.55 Å². The van der Waals surface area contributed by atoms with Gasteiger partial charge in [0.15, 0.2) is 0 Å². The van der Waals surface area contributed by atoms with Gasteiger partial charge < -0.3 is 10.3 Å². The Balaban J connectivity index is 2.25. The number of anilines is 1. The summed E-state index contributed by atoms with van der Waals surface area (Å²) in [4.78, 5) is 4.47. The number of hydrogen-bond donors (Lipinski definition) is 1. The van der Waals surface area contributed by atoms with E-state index in [1.807, 2.05) is 31.2 Å². The Morgan fingerprint density at radius 3 is 2.58 bits per heavy atom. The lowest BCUT2D eigenvalue weighted by atomic mass is 10.2. The zero-order valence-electron chi connectivity index (χ0n) is 11.5. The molecular weight excluding hydrogens is 258 g/mol. The Hall–Kier alpha value is -1.48. The topological polar surface area (TPSA) is 43.8 Å². The van der Waals surface area contributed by atoms with Crippen LogP contribution in [0.15, 0.2) is 24.3 Å². The molecular formula is C15H20ClN3. The number of rotatable bonds is 5. The third-order valence-corrected chi connectivity index (χ3v) is 3.67. The third-order valence-electron chi connectivity index (χ3n) is 3.32. The minimum Gasteiger partial charge on any atom is -0.399 e. The number of aromatic nitrogens is 2. The average Bonchev–Trinajstić information content (AvgIpc) is 2.67. The zero-order valence-corrected chi connectivity index (χ0v) is 12.2. The maximum absolute atomic E-state index is 6.15. The Morgan fingerprint density at radius 2 is 1.95 bits per heavy atom. The molecule has 0 atom stereocenters. The molecule has 0 radical (unpaired) electrons. The fraction of sp³-hybridized carbons (Fsp3) is 0.400. The van der Waals surface area contributed by atoms with Gasteiger partial charge in [-0.15, -0.1) is 0 Å². The number of nitrogens with two attached hydrogens (primary N) is 1. The highest BCUT2D eigenvalue weighted by Gasteiger charge is 2.12. The summed E-state index contributed by atoms with van der Waals surface area (Å²) in [6.45, 7) is 4.99. The summed E-state index contributed by atoms with van der Waals surface area (Å²) in [6.07, 6.45) is 3.26. The Labute approximate surface area is 119 Å². The molecule has 0 fully saturated rings. The summed E-state index contributed by atoms with van der Waals surface area (Å²) >= 11 is 6.15. The minimum absolute atomic E-state index is 0.613. The quantitative estimate of drug-likeness (QED) is 0.845. The van der Waals surface area contributed by atoms with Crippen molar-refractivity contribution >= 4 is 17.3 Å². The molecule has 2 rings (SSSR count). The van der Waals surface area contributed by atoms with Crippen molar-refractivity contribution in [2.45, 2.75) is 39.7 Å². The molecule has 0 aliphatic carbocycles. The summed E-state index contributed by atoms with van der Waals surface area (Å²) in [6, 6.07) is 7.95. The largest absolute Gasteiger partial charge is 0.399 e. The molecule has 0 spiro atoms. The summed E-state index contributed by atoms with van der Waals surface area (Å²) in [5, 5.41) is 0.613. The van der Waals surface area contributed by atoms with Gasteiger partial charge in [0.1, 0.15) is 11.0 Å². The molecule has 0 aliphatic rings. The van der Waals surface area contributed by atoms with Crippen LogP contribution in [0.1, 0.15) is 36.8 Å². The van der Waals surface area contributed by atoms with Crippen molar-refractivity contribution in [3.05, 3.63) is 46.5 Å². The average molecular weight is 278 g/mol. The highest BCUT2D eigenvalue weighted by molar-refractivity contribution is 6.30. The van der Waals surface area contributed by atoms with Gasteiger partial charge in [0, 0.05) is 18.7 Å². The first-order valence-electron chi connectivity index (χ1n) is 6.67. The number of aryl methyl sites for hydroxylation is 1. The maximum Gasteiger partial charge on any atom is 0.150 e. The van der Waals surface area contributed by atoms with E-state index in [-0.39, 0.29) is 0 Å². The van der Waals surface area contributed by atoms with Crippen LogP contribution in [0, 0.1) is 6.92 Å². The number of unbranched alkanes of at least 4 members (excludes halogenated alkanes) is 1. The van der Waals surface area contributed by atoms with Crippen molar-refractivity contribution in [3.63, 3.8) is 0 Å². The van der Waals surface area contributed by atoms with E-state index in [0.717, 1.165) is 43.0 Å². The van der Waals surface area contributed by atoms with Crippen LogP contribution in [0.3, 0.4) is 0 Å². The highest BCUT2D eigenvalue weighted by Crippen LogP contribution is 2.20. The van der Waals surface area contributed by atoms with Crippen molar-refractivity contribution < 1.29 is 0 Å². The van der Waals surface area contributed by atoms with Gasteiger partial charge in [-0.2, -0.15) is 0 Å². The lowest BCUT2D eigenvalue weighted by Gasteiger charge is -2.10. The summed E-state index contributed by atoms with van der Waals surface area (Å²) in [5.74, 6) is 1.07. The first kappa shape index (κ1) is 13.9. The standard InChI is InChI=1S/C15H20ClN3/c1-3-4-5-14-18-15(16)11(2)19(14)10-12-6-8-13(17)9-7-12/h6-9H,3-5,10,17H2,1-2H3. The fourth-order valence-electron chi connectivity index (χ4n) is 2.10. The number of nitrogens with zero attached hydrogens (tertiary/aromatic N) is 2. The Bertz CT molecular complexity index is 543. The van der Waals surface area contributed by atoms with Crippen LogP contribution in [0.2, 0.25) is 5.15 Å². The number of imidazole rings is 1. The lowest BCUT2D eigenvalue weighted by Crippen LogP contribution is -2.07. The van der Waals surface area contributed by atoms with E-state index in [1.54, 1.807) is 0 Å². The second-order valence-corrected chi connectivity index (χ2v) is 5.19. The van der Waals surface area contributed by atoms with E-state index in [1.165, 1.54) is 5.56 Å². The van der Waals surface area contributed by atoms with Gasteiger partial charge in [-0.25, -0.2) is 4.98 Å². The molecule has 1 heterocycles. The minimum atomic E-state index is 0.613. The van der Waals surface area contributed by atoms with E-state index >= 15 is 0 Å². The molecule has 0 aliphatic heterocycles. The third kappa shape index (κ3) is 3.29. The molecule has 1 aromatic heterocycles. The fourth-order valence-corrected chi connectivity index (χ4v) is 2.30. The molecule has 0 saturated heterocycles. The van der Waals surface area contributed by atoms with Crippen molar-refractivity contribution in [2.24, 2.45) is 0 Å². The second kappa shape index (κ2) is 6.11. The van der Waals surface area contributed by atoms with E-state index in [9.17, 15) is 0 Å². The van der Waals surface area contributed by atoms with Gasteiger partial charge in [0.2, 0.25) is 0 Å². The Morgan fingerprint density at radius 1 is 1.26 bits per heavy atom. The molecule has 102 valence electrons. The van der Waals surface area contributed by atoms with Crippen LogP contribution < -0.4 is 5.73 Å². The van der Waals surface area contributed by atoms with Crippen molar-refractivity contribution in [2.75, 3.05) is 5.73 Å². The molecule has 3 nitrogen and oxygen atoms in total. The van der Waals surface area contributed by atoms with Gasteiger partial charge in [0.25, 0.3) is 0 Å². The first-order valence-corrected chi connectivity index (χ1v) is 7.05. The van der Waals surface area contributed by atoms with Crippen LogP contribution in [-0.2, 0) is 13.0 Å². The van der Waals surface area contributed by atoms with Gasteiger partial charge in [-0.1, -0.05) is 37.1 Å². The van der Waals surface area contributed by atoms with E-state index in [4.69, 9.17) is 17.3 Å². The van der Waals surface area contributed by atoms with Crippen molar-refractivity contribution in [3.8, 4) is 0 Å². The summed E-state index contributed by atoms with van der Waals surface area (Å²) < 4.78 is 2.20. The highest BCUT2D eigenvalue weighted by atomic mass is 35.5. The normalized spacial score (nSPS) is 10.9.